The minimum Gasteiger partial charge on any atom is -0.505 e. The monoisotopic (exact) mass is 993 g/mol. The number of nitrogens with one attached hydrogen (secondary N) is 1. The zero-order valence-electron chi connectivity index (χ0n) is 36.8. The number of hydrogen-bond acceptors (Lipinski definition) is 18. The first kappa shape index (κ1) is 49.0. The number of anilines is 2. The van der Waals surface area contributed by atoms with Gasteiger partial charge in [-0.1, -0.05) is 18.2 Å². The Balaban J connectivity index is 1.10. The normalized spacial score (nSPS) is 12.5. The number of methoxy groups -OCH3 is 2. The minimum atomic E-state index is -4.94. The number of phenols is 1. The lowest BCUT2D eigenvalue weighted by Crippen LogP contribution is -2.03. The summed E-state index contributed by atoms with van der Waals surface area (Å²) in [6.07, 6.45) is 0. The van der Waals surface area contributed by atoms with Gasteiger partial charge in [0.2, 0.25) is 0 Å². The third-order valence-corrected chi connectivity index (χ3v) is 12.7. The van der Waals surface area contributed by atoms with Crippen LogP contribution in [0.5, 0.6) is 17.2 Å². The highest BCUT2D eigenvalue weighted by Gasteiger charge is 2.24. The first-order valence-corrected chi connectivity index (χ1v) is 24.3. The smallest absolute Gasteiger partial charge is 0.296 e. The molecular formula is C45H39N9O12S3. The van der Waals surface area contributed by atoms with E-state index in [2.05, 4.69) is 46.2 Å². The van der Waals surface area contributed by atoms with Gasteiger partial charge in [0.25, 0.3) is 30.4 Å². The van der Waals surface area contributed by atoms with Crippen LogP contribution in [0.1, 0.15) is 16.7 Å². The van der Waals surface area contributed by atoms with Gasteiger partial charge in [0.05, 0.1) is 41.9 Å². The van der Waals surface area contributed by atoms with Gasteiger partial charge in [-0.3, -0.25) is 13.7 Å². The zero-order valence-corrected chi connectivity index (χ0v) is 39.3. The summed E-state index contributed by atoms with van der Waals surface area (Å²) in [5, 5.41) is 48.7. The standard InChI is InChI=1S/C45H39N9O12S3/c1-25-17-31(12-15-34(25)48-49-35-16-13-32(67(56,57)58)22-42(35)68(59,60)61)47-50-36-18-27(3)37(19-26(36)2)51-52-38-23-41(66-5)39(24-40(38)65-4)53-54-44-43(69(62,63)64)21-28-20-30(11-14-33(28)45(44)55)46-29-9-7-6-8-10-29/h6-24,46,55H,1-5H3,(H,56,57,58)(H,59,60,61)(H,62,63,64). The second-order valence-electron chi connectivity index (χ2n) is 14.9. The van der Waals surface area contributed by atoms with Crippen molar-refractivity contribution in [1.29, 1.82) is 0 Å². The Bertz CT molecular complexity index is 3650. The van der Waals surface area contributed by atoms with Crippen LogP contribution in [0.2, 0.25) is 0 Å². The summed E-state index contributed by atoms with van der Waals surface area (Å²) in [7, 11) is -11.9. The number of rotatable bonds is 15. The van der Waals surface area contributed by atoms with Gasteiger partial charge in [0.1, 0.15) is 44.0 Å². The summed E-state index contributed by atoms with van der Waals surface area (Å²) in [6.45, 7) is 5.29. The molecule has 24 heteroatoms. The molecule has 0 fully saturated rings. The van der Waals surface area contributed by atoms with Gasteiger partial charge in [-0.2, -0.15) is 45.7 Å². The molecule has 7 rings (SSSR count). The van der Waals surface area contributed by atoms with Crippen LogP contribution in [0.4, 0.5) is 56.9 Å². The topological polar surface area (TPSA) is 313 Å². The van der Waals surface area contributed by atoms with Crippen molar-refractivity contribution in [2.45, 2.75) is 35.5 Å². The molecular weight excluding hydrogens is 955 g/mol. The molecule has 7 aromatic rings. The second-order valence-corrected chi connectivity index (χ2v) is 19.1. The lowest BCUT2D eigenvalue weighted by molar-refractivity contribution is 0.405. The fraction of sp³-hybridized carbons (Fsp3) is 0.111. The maximum absolute atomic E-state index is 12.6. The van der Waals surface area contributed by atoms with Gasteiger partial charge in [0.15, 0.2) is 5.75 Å². The molecule has 0 spiro atoms. The van der Waals surface area contributed by atoms with E-state index in [0.29, 0.717) is 56.6 Å². The van der Waals surface area contributed by atoms with Crippen molar-refractivity contribution in [3.8, 4) is 17.2 Å². The van der Waals surface area contributed by atoms with Crippen molar-refractivity contribution in [2.75, 3.05) is 19.5 Å². The number of benzene rings is 7. The lowest BCUT2D eigenvalue weighted by atomic mass is 10.1. The predicted octanol–water partition coefficient (Wildman–Crippen LogP) is 12.6. The van der Waals surface area contributed by atoms with Crippen molar-refractivity contribution in [3.63, 3.8) is 0 Å². The molecule has 0 aromatic heterocycles. The first-order chi connectivity index (χ1) is 32.6. The quantitative estimate of drug-likeness (QED) is 0.0472. The molecule has 0 amide bonds. The number of aryl methyl sites for hydroxylation is 3. The SMILES string of the molecule is COc1cc(N=Nc2c(S(=O)(=O)O)cc3cc(Nc4ccccc4)ccc3c2O)c(OC)cc1N=Nc1cc(C)c(N=Nc2ccc(N=Nc3ccc(S(=O)(=O)O)cc3S(=O)(=O)O)c(C)c2)cc1C. The summed E-state index contributed by atoms with van der Waals surface area (Å²) < 4.78 is 112. The molecule has 0 saturated carbocycles. The van der Waals surface area contributed by atoms with Crippen molar-refractivity contribution < 1.29 is 53.5 Å². The van der Waals surface area contributed by atoms with E-state index in [1.807, 2.05) is 30.3 Å². The molecule has 0 bridgehead atoms. The summed E-state index contributed by atoms with van der Waals surface area (Å²) >= 11 is 0. The molecule has 0 unspecified atom stereocenters. The van der Waals surface area contributed by atoms with Crippen LogP contribution in [0.15, 0.2) is 171 Å². The molecule has 21 nitrogen and oxygen atoms in total. The molecule has 0 heterocycles. The van der Waals surface area contributed by atoms with E-state index in [-0.39, 0.29) is 33.9 Å². The van der Waals surface area contributed by atoms with Crippen LogP contribution in [0.25, 0.3) is 10.8 Å². The van der Waals surface area contributed by atoms with E-state index < -0.39 is 56.5 Å². The molecule has 7 aromatic carbocycles. The Morgan fingerprint density at radius 2 is 1.00 bits per heavy atom. The average Bonchev–Trinajstić information content (AvgIpc) is 3.29. The Labute approximate surface area is 394 Å². The van der Waals surface area contributed by atoms with E-state index >= 15 is 0 Å². The van der Waals surface area contributed by atoms with Gasteiger partial charge in [-0.25, -0.2) is 0 Å². The summed E-state index contributed by atoms with van der Waals surface area (Å²) in [5.41, 5.74) is 4.48. The molecule has 69 heavy (non-hydrogen) atoms. The average molecular weight is 994 g/mol. The number of ether oxygens (including phenoxy) is 2. The fourth-order valence-electron chi connectivity index (χ4n) is 6.62. The van der Waals surface area contributed by atoms with Crippen molar-refractivity contribution in [3.05, 3.63) is 132 Å². The maximum atomic E-state index is 12.6. The molecule has 5 N–H and O–H groups in total. The van der Waals surface area contributed by atoms with E-state index in [9.17, 15) is 44.0 Å². The number of phenolic OH excluding ortho intramolecular Hbond substituents is 1. The first-order valence-electron chi connectivity index (χ1n) is 20.0. The van der Waals surface area contributed by atoms with Gasteiger partial charge < -0.3 is 19.9 Å². The summed E-state index contributed by atoms with van der Waals surface area (Å²) in [4.78, 5) is -2.30. The number of azo groups is 4. The largest absolute Gasteiger partial charge is 0.505 e. The third-order valence-electron chi connectivity index (χ3n) is 10.1. The van der Waals surface area contributed by atoms with Crippen LogP contribution in [-0.4, -0.2) is 58.2 Å². The van der Waals surface area contributed by atoms with Crippen LogP contribution in [0, 0.1) is 20.8 Å². The van der Waals surface area contributed by atoms with E-state index in [1.165, 1.54) is 32.4 Å². The molecule has 0 atom stereocenters. The Morgan fingerprint density at radius 1 is 0.464 bits per heavy atom. The molecule has 0 radical (unpaired) electrons. The number of hydrogen-bond donors (Lipinski definition) is 5. The number of aromatic hydroxyl groups is 1. The Hall–Kier alpha value is -7.87. The van der Waals surface area contributed by atoms with Crippen LogP contribution >= 0.6 is 0 Å². The van der Waals surface area contributed by atoms with Crippen LogP contribution in [-0.2, 0) is 30.4 Å². The maximum Gasteiger partial charge on any atom is 0.296 e. The lowest BCUT2D eigenvalue weighted by Gasteiger charge is -2.12. The number of para-hydroxylation sites is 1. The predicted molar refractivity (Wildman–Crippen MR) is 255 cm³/mol. The molecule has 0 aliphatic carbocycles. The molecule has 0 saturated heterocycles. The Kier molecular flexibility index (Phi) is 14.1. The molecule has 0 aliphatic rings. The van der Waals surface area contributed by atoms with Crippen molar-refractivity contribution in [2.24, 2.45) is 40.9 Å². The molecule has 354 valence electrons. The van der Waals surface area contributed by atoms with Gasteiger partial charge in [0, 0.05) is 28.9 Å². The fourth-order valence-corrected chi connectivity index (χ4v) is 8.51. The van der Waals surface area contributed by atoms with Crippen molar-refractivity contribution in [1.82, 2.24) is 0 Å². The van der Waals surface area contributed by atoms with E-state index in [0.717, 1.165) is 17.8 Å². The minimum absolute atomic E-state index is 0.0630. The van der Waals surface area contributed by atoms with Crippen LogP contribution < -0.4 is 14.8 Å². The number of fused-ring (bicyclic) bond motifs is 1. The second kappa shape index (κ2) is 19.8. The summed E-state index contributed by atoms with van der Waals surface area (Å²) in [5.74, 6) is -0.219. The van der Waals surface area contributed by atoms with Gasteiger partial charge in [-0.05, 0) is 128 Å². The van der Waals surface area contributed by atoms with Crippen LogP contribution in [0.3, 0.4) is 0 Å². The third kappa shape index (κ3) is 11.5. The summed E-state index contributed by atoms with van der Waals surface area (Å²) in [6, 6.07) is 29.0. The highest BCUT2D eigenvalue weighted by Crippen LogP contribution is 2.45. The van der Waals surface area contributed by atoms with E-state index in [4.69, 9.17) is 9.47 Å². The number of nitrogens with zero attached hydrogens (tertiary/aromatic N) is 8. The zero-order chi connectivity index (χ0) is 49.8. The van der Waals surface area contributed by atoms with Gasteiger partial charge in [-0.15, -0.1) is 20.5 Å². The Morgan fingerprint density at radius 3 is 1.58 bits per heavy atom. The highest BCUT2D eigenvalue weighted by atomic mass is 32.2. The van der Waals surface area contributed by atoms with E-state index in [1.54, 1.807) is 69.3 Å². The van der Waals surface area contributed by atoms with Gasteiger partial charge >= 0.3 is 0 Å². The van der Waals surface area contributed by atoms with Crippen molar-refractivity contribution >= 4 is 98.0 Å². The molecule has 0 aliphatic heterocycles. The highest BCUT2D eigenvalue weighted by molar-refractivity contribution is 7.87.